The molecular formula is C17H21N3O3. The van der Waals surface area contributed by atoms with Crippen LogP contribution in [0.2, 0.25) is 0 Å². The van der Waals surface area contributed by atoms with Crippen LogP contribution in [0.4, 0.5) is 0 Å². The first-order chi connectivity index (χ1) is 11.2. The second-order valence-electron chi connectivity index (χ2n) is 5.85. The Bertz CT molecular complexity index is 666. The Morgan fingerprint density at radius 1 is 1.35 bits per heavy atom. The first kappa shape index (κ1) is 15.7. The van der Waals surface area contributed by atoms with E-state index < -0.39 is 0 Å². The summed E-state index contributed by atoms with van der Waals surface area (Å²) in [6.07, 6.45) is 2.87. The third kappa shape index (κ3) is 3.42. The number of aromatic nitrogens is 2. The normalized spacial score (nSPS) is 18.2. The fraction of sp³-hybridized carbons (Fsp3) is 0.471. The van der Waals surface area contributed by atoms with E-state index in [1.165, 1.54) is 12.7 Å². The zero-order valence-corrected chi connectivity index (χ0v) is 13.5. The van der Waals surface area contributed by atoms with E-state index in [4.69, 9.17) is 9.26 Å². The first-order valence-electron chi connectivity index (χ1n) is 7.88. The smallest absolute Gasteiger partial charge is 0.249 e. The molecule has 2 heterocycles. The van der Waals surface area contributed by atoms with Crippen molar-refractivity contribution in [3.8, 4) is 11.4 Å². The van der Waals surface area contributed by atoms with Crippen molar-refractivity contribution < 1.29 is 14.1 Å². The van der Waals surface area contributed by atoms with Gasteiger partial charge in [0.05, 0.1) is 0 Å². The number of amides is 1. The Hall–Kier alpha value is -2.21. The molecular weight excluding hydrogens is 294 g/mol. The van der Waals surface area contributed by atoms with Gasteiger partial charge >= 0.3 is 0 Å². The quantitative estimate of drug-likeness (QED) is 0.868. The summed E-state index contributed by atoms with van der Waals surface area (Å²) >= 11 is 0. The number of methoxy groups -OCH3 is 1. The zero-order chi connectivity index (χ0) is 16.2. The van der Waals surface area contributed by atoms with Gasteiger partial charge in [-0.2, -0.15) is 4.98 Å². The molecule has 0 N–H and O–H groups in total. The maximum absolute atomic E-state index is 12.2. The Balaban J connectivity index is 1.82. The van der Waals surface area contributed by atoms with Crippen LogP contribution >= 0.6 is 0 Å². The lowest BCUT2D eigenvalue weighted by Crippen LogP contribution is -2.40. The van der Waals surface area contributed by atoms with Crippen LogP contribution in [-0.4, -0.2) is 41.2 Å². The van der Waals surface area contributed by atoms with Gasteiger partial charge in [-0.15, -0.1) is 0 Å². The van der Waals surface area contributed by atoms with E-state index in [2.05, 4.69) is 10.1 Å². The molecule has 1 saturated heterocycles. The Morgan fingerprint density at radius 2 is 2.13 bits per heavy atom. The zero-order valence-electron chi connectivity index (χ0n) is 13.5. The summed E-state index contributed by atoms with van der Waals surface area (Å²) in [5.74, 6) is 1.03. The highest BCUT2D eigenvalue weighted by atomic mass is 16.5. The number of piperidine rings is 1. The molecule has 0 spiro atoms. The number of carbonyl (C=O) groups excluding carboxylic acids is 1. The van der Waals surface area contributed by atoms with Crippen LogP contribution in [-0.2, 0) is 9.53 Å². The van der Waals surface area contributed by atoms with Crippen LogP contribution in [0, 0.1) is 6.92 Å². The van der Waals surface area contributed by atoms with E-state index in [0.29, 0.717) is 18.3 Å². The van der Waals surface area contributed by atoms with Crippen LogP contribution in [0.15, 0.2) is 28.8 Å². The van der Waals surface area contributed by atoms with E-state index >= 15 is 0 Å². The molecule has 1 aromatic heterocycles. The Kier molecular flexibility index (Phi) is 4.71. The molecule has 0 bridgehead atoms. The van der Waals surface area contributed by atoms with E-state index in [0.717, 1.165) is 24.8 Å². The van der Waals surface area contributed by atoms with Crippen LogP contribution in [0.1, 0.15) is 36.8 Å². The molecule has 3 rings (SSSR count). The minimum Gasteiger partial charge on any atom is -0.375 e. The second kappa shape index (κ2) is 6.91. The number of benzene rings is 1. The first-order valence-corrected chi connectivity index (χ1v) is 7.88. The van der Waals surface area contributed by atoms with Gasteiger partial charge in [-0.1, -0.05) is 35.0 Å². The minimum atomic E-state index is -0.155. The highest BCUT2D eigenvalue weighted by Crippen LogP contribution is 2.31. The molecule has 0 radical (unpaired) electrons. The second-order valence-corrected chi connectivity index (χ2v) is 5.85. The van der Waals surface area contributed by atoms with Crippen molar-refractivity contribution in [2.45, 2.75) is 32.2 Å². The number of aryl methyl sites for hydroxylation is 1. The standard InChI is InChI=1S/C17H21N3O3/c1-12-6-8-13(9-7-12)16-18-17(23-19-16)14-5-3-4-10-20(14)15(21)11-22-2/h6-9,14H,3-5,10-11H2,1-2H3. The molecule has 1 aliphatic heterocycles. The lowest BCUT2D eigenvalue weighted by atomic mass is 10.0. The number of hydrogen-bond acceptors (Lipinski definition) is 5. The molecule has 6 nitrogen and oxygen atoms in total. The van der Waals surface area contributed by atoms with Gasteiger partial charge in [0.25, 0.3) is 0 Å². The molecule has 122 valence electrons. The summed E-state index contributed by atoms with van der Waals surface area (Å²) in [6.45, 7) is 2.82. The molecule has 1 amide bonds. The summed E-state index contributed by atoms with van der Waals surface area (Å²) in [6, 6.07) is 7.82. The summed E-state index contributed by atoms with van der Waals surface area (Å²) < 4.78 is 10.4. The summed E-state index contributed by atoms with van der Waals surface area (Å²) in [7, 11) is 1.53. The Morgan fingerprint density at radius 3 is 2.87 bits per heavy atom. The minimum absolute atomic E-state index is 0.0349. The van der Waals surface area contributed by atoms with Crippen molar-refractivity contribution in [3.63, 3.8) is 0 Å². The van der Waals surface area contributed by atoms with Crippen molar-refractivity contribution in [2.75, 3.05) is 20.3 Å². The maximum atomic E-state index is 12.2. The molecule has 6 heteroatoms. The Labute approximate surface area is 135 Å². The van der Waals surface area contributed by atoms with E-state index in [1.54, 1.807) is 4.90 Å². The average molecular weight is 315 g/mol. The van der Waals surface area contributed by atoms with Gasteiger partial charge in [0.15, 0.2) is 0 Å². The lowest BCUT2D eigenvalue weighted by molar-refractivity contribution is -0.139. The molecule has 2 aromatic rings. The molecule has 1 unspecified atom stereocenters. The maximum Gasteiger partial charge on any atom is 0.249 e. The molecule has 23 heavy (non-hydrogen) atoms. The van der Waals surface area contributed by atoms with E-state index in [1.807, 2.05) is 31.2 Å². The molecule has 1 fully saturated rings. The predicted molar refractivity (Wildman–Crippen MR) is 84.7 cm³/mol. The van der Waals surface area contributed by atoms with Gasteiger partial charge in [0, 0.05) is 19.2 Å². The van der Waals surface area contributed by atoms with Crippen molar-refractivity contribution in [1.29, 1.82) is 0 Å². The van der Waals surface area contributed by atoms with Crippen LogP contribution in [0.25, 0.3) is 11.4 Å². The summed E-state index contributed by atoms with van der Waals surface area (Å²) in [5, 5.41) is 4.08. The van der Waals surface area contributed by atoms with Crippen LogP contribution in [0.5, 0.6) is 0 Å². The number of carbonyl (C=O) groups is 1. The molecule has 1 atom stereocenters. The van der Waals surface area contributed by atoms with Gasteiger partial charge in [-0.25, -0.2) is 0 Å². The van der Waals surface area contributed by atoms with Crippen molar-refractivity contribution in [1.82, 2.24) is 15.0 Å². The monoisotopic (exact) mass is 315 g/mol. The number of ether oxygens (including phenoxy) is 1. The highest BCUT2D eigenvalue weighted by Gasteiger charge is 2.32. The lowest BCUT2D eigenvalue weighted by Gasteiger charge is -2.33. The number of likely N-dealkylation sites (tertiary alicyclic amines) is 1. The largest absolute Gasteiger partial charge is 0.375 e. The topological polar surface area (TPSA) is 68.5 Å². The fourth-order valence-corrected chi connectivity index (χ4v) is 2.88. The third-order valence-corrected chi connectivity index (χ3v) is 4.13. The van der Waals surface area contributed by atoms with Gasteiger partial charge in [0.2, 0.25) is 17.6 Å². The predicted octanol–water partition coefficient (Wildman–Crippen LogP) is 2.75. The highest BCUT2D eigenvalue weighted by molar-refractivity contribution is 5.78. The molecule has 0 saturated carbocycles. The summed E-state index contributed by atoms with van der Waals surface area (Å²) in [4.78, 5) is 18.5. The number of rotatable bonds is 4. The van der Waals surface area contributed by atoms with Gasteiger partial charge in [-0.3, -0.25) is 4.79 Å². The van der Waals surface area contributed by atoms with Crippen LogP contribution < -0.4 is 0 Å². The van der Waals surface area contributed by atoms with Crippen LogP contribution in [0.3, 0.4) is 0 Å². The van der Waals surface area contributed by atoms with E-state index in [-0.39, 0.29) is 18.6 Å². The number of hydrogen-bond donors (Lipinski definition) is 0. The van der Waals surface area contributed by atoms with Gasteiger partial charge < -0.3 is 14.2 Å². The van der Waals surface area contributed by atoms with Gasteiger partial charge in [-0.05, 0) is 26.2 Å². The van der Waals surface area contributed by atoms with Crippen molar-refractivity contribution >= 4 is 5.91 Å². The van der Waals surface area contributed by atoms with E-state index in [9.17, 15) is 4.79 Å². The molecule has 1 aromatic carbocycles. The molecule has 0 aliphatic carbocycles. The molecule has 1 aliphatic rings. The average Bonchev–Trinajstić information content (AvgIpc) is 3.05. The third-order valence-electron chi connectivity index (χ3n) is 4.13. The van der Waals surface area contributed by atoms with Crippen molar-refractivity contribution in [2.24, 2.45) is 0 Å². The van der Waals surface area contributed by atoms with Crippen molar-refractivity contribution in [3.05, 3.63) is 35.7 Å². The SMILES string of the molecule is COCC(=O)N1CCCCC1c1nc(-c2ccc(C)cc2)no1. The fourth-order valence-electron chi connectivity index (χ4n) is 2.88. The summed E-state index contributed by atoms with van der Waals surface area (Å²) in [5.41, 5.74) is 2.09. The number of nitrogens with zero attached hydrogens (tertiary/aromatic N) is 3. The van der Waals surface area contributed by atoms with Gasteiger partial charge in [0.1, 0.15) is 12.6 Å².